The Balaban J connectivity index is 3.44. The van der Waals surface area contributed by atoms with Crippen molar-refractivity contribution in [2.45, 2.75) is 32.8 Å². The number of rotatable bonds is 5. The highest BCUT2D eigenvalue weighted by Gasteiger charge is 2.04. The molecule has 0 aromatic rings. The Kier molecular flexibility index (Phi) is 5.37. The van der Waals surface area contributed by atoms with Crippen LogP contribution in [0.1, 0.15) is 26.7 Å². The Morgan fingerprint density at radius 3 is 2.67 bits per heavy atom. The summed E-state index contributed by atoms with van der Waals surface area (Å²) in [5, 5.41) is 9.10. The SMILES string of the molecule is C=C(C)C(=O)OCCC(O)CC. The second-order valence-corrected chi connectivity index (χ2v) is 2.77. The number of carbonyl (C=O) groups is 1. The van der Waals surface area contributed by atoms with Gasteiger partial charge >= 0.3 is 5.97 Å². The second-order valence-electron chi connectivity index (χ2n) is 2.77. The normalized spacial score (nSPS) is 12.2. The quantitative estimate of drug-likeness (QED) is 0.501. The van der Waals surface area contributed by atoms with Gasteiger partial charge in [-0.2, -0.15) is 0 Å². The molecule has 0 spiro atoms. The maximum atomic E-state index is 10.8. The second kappa shape index (κ2) is 5.77. The minimum Gasteiger partial charge on any atom is -0.462 e. The van der Waals surface area contributed by atoms with Gasteiger partial charge in [0.15, 0.2) is 0 Å². The van der Waals surface area contributed by atoms with Crippen molar-refractivity contribution in [3.05, 3.63) is 12.2 Å². The lowest BCUT2D eigenvalue weighted by molar-refractivity contribution is -0.139. The highest BCUT2D eigenvalue weighted by molar-refractivity contribution is 5.86. The molecule has 0 aliphatic carbocycles. The number of esters is 1. The van der Waals surface area contributed by atoms with E-state index < -0.39 is 5.97 Å². The topological polar surface area (TPSA) is 46.5 Å². The Hall–Kier alpha value is -0.830. The van der Waals surface area contributed by atoms with Crippen LogP contribution in [0.25, 0.3) is 0 Å². The third-order valence-electron chi connectivity index (χ3n) is 1.50. The molecule has 70 valence electrons. The molecule has 12 heavy (non-hydrogen) atoms. The van der Waals surface area contributed by atoms with Crippen LogP contribution in [0.5, 0.6) is 0 Å². The minimum atomic E-state index is -0.390. The molecular weight excluding hydrogens is 156 g/mol. The zero-order valence-electron chi connectivity index (χ0n) is 7.67. The molecule has 3 heteroatoms. The van der Waals surface area contributed by atoms with Crippen molar-refractivity contribution < 1.29 is 14.6 Å². The average Bonchev–Trinajstić information content (AvgIpc) is 2.03. The van der Waals surface area contributed by atoms with Gasteiger partial charge in [-0.25, -0.2) is 4.79 Å². The molecule has 3 nitrogen and oxygen atoms in total. The number of hydrogen-bond acceptors (Lipinski definition) is 3. The van der Waals surface area contributed by atoms with Crippen molar-refractivity contribution in [3.63, 3.8) is 0 Å². The number of hydrogen-bond donors (Lipinski definition) is 1. The van der Waals surface area contributed by atoms with Gasteiger partial charge in [0.25, 0.3) is 0 Å². The monoisotopic (exact) mass is 172 g/mol. The molecule has 0 radical (unpaired) electrons. The standard InChI is InChI=1S/C9H16O3/c1-4-8(10)5-6-12-9(11)7(2)3/h8,10H,2,4-6H2,1,3H3. The fourth-order valence-electron chi connectivity index (χ4n) is 0.615. The molecule has 0 bridgehead atoms. The van der Waals surface area contributed by atoms with E-state index in [2.05, 4.69) is 6.58 Å². The van der Waals surface area contributed by atoms with Gasteiger partial charge in [-0.1, -0.05) is 13.5 Å². The van der Waals surface area contributed by atoms with E-state index in [1.54, 1.807) is 6.92 Å². The van der Waals surface area contributed by atoms with E-state index >= 15 is 0 Å². The summed E-state index contributed by atoms with van der Waals surface area (Å²) in [7, 11) is 0. The first kappa shape index (κ1) is 11.2. The summed E-state index contributed by atoms with van der Waals surface area (Å²) in [5.41, 5.74) is 0.390. The molecule has 0 aliphatic rings. The molecule has 0 rings (SSSR count). The first-order valence-corrected chi connectivity index (χ1v) is 4.08. The van der Waals surface area contributed by atoms with Crippen LogP contribution in [0.15, 0.2) is 12.2 Å². The van der Waals surface area contributed by atoms with E-state index in [1.807, 2.05) is 6.92 Å². The predicted octanol–water partition coefficient (Wildman–Crippen LogP) is 1.27. The van der Waals surface area contributed by atoms with Crippen LogP contribution >= 0.6 is 0 Å². The number of aliphatic hydroxyl groups excluding tert-OH is 1. The maximum absolute atomic E-state index is 10.8. The number of carbonyl (C=O) groups excluding carboxylic acids is 1. The summed E-state index contributed by atoms with van der Waals surface area (Å²) in [6, 6.07) is 0. The van der Waals surface area contributed by atoms with Gasteiger partial charge in [-0.15, -0.1) is 0 Å². The summed E-state index contributed by atoms with van der Waals surface area (Å²) in [5.74, 6) is -0.390. The Morgan fingerprint density at radius 1 is 1.67 bits per heavy atom. The van der Waals surface area contributed by atoms with Crippen molar-refractivity contribution in [1.82, 2.24) is 0 Å². The van der Waals surface area contributed by atoms with Crippen LogP contribution in [0.2, 0.25) is 0 Å². The molecule has 0 saturated heterocycles. The summed E-state index contributed by atoms with van der Waals surface area (Å²) >= 11 is 0. The minimum absolute atomic E-state index is 0.265. The van der Waals surface area contributed by atoms with E-state index in [9.17, 15) is 4.79 Å². The van der Waals surface area contributed by atoms with Crippen molar-refractivity contribution >= 4 is 5.97 Å². The van der Waals surface area contributed by atoms with Gasteiger partial charge in [-0.3, -0.25) is 0 Å². The third kappa shape index (κ3) is 4.91. The van der Waals surface area contributed by atoms with E-state index in [1.165, 1.54) is 0 Å². The third-order valence-corrected chi connectivity index (χ3v) is 1.50. The van der Waals surface area contributed by atoms with Crippen molar-refractivity contribution in [2.24, 2.45) is 0 Å². The molecule has 1 atom stereocenters. The van der Waals surface area contributed by atoms with Crippen molar-refractivity contribution in [3.8, 4) is 0 Å². The largest absolute Gasteiger partial charge is 0.462 e. The molecule has 1 unspecified atom stereocenters. The van der Waals surface area contributed by atoms with Crippen LogP contribution in [-0.4, -0.2) is 23.8 Å². The predicted molar refractivity (Wildman–Crippen MR) is 46.7 cm³/mol. The molecule has 0 aromatic carbocycles. The Morgan fingerprint density at radius 2 is 2.25 bits per heavy atom. The zero-order valence-corrected chi connectivity index (χ0v) is 7.67. The van der Waals surface area contributed by atoms with Gasteiger partial charge in [0.2, 0.25) is 0 Å². The van der Waals surface area contributed by atoms with Crippen LogP contribution in [0.3, 0.4) is 0 Å². The first-order chi connectivity index (χ1) is 5.57. The maximum Gasteiger partial charge on any atom is 0.333 e. The Bertz CT molecular complexity index is 163. The van der Waals surface area contributed by atoms with E-state index in [0.717, 1.165) is 0 Å². The molecule has 0 amide bonds. The highest BCUT2D eigenvalue weighted by Crippen LogP contribution is 1.99. The lowest BCUT2D eigenvalue weighted by Crippen LogP contribution is -2.12. The van der Waals surface area contributed by atoms with Gasteiger partial charge < -0.3 is 9.84 Å². The molecule has 1 N–H and O–H groups in total. The van der Waals surface area contributed by atoms with E-state index in [0.29, 0.717) is 18.4 Å². The number of ether oxygens (including phenoxy) is 1. The summed E-state index contributed by atoms with van der Waals surface area (Å²) in [4.78, 5) is 10.8. The first-order valence-electron chi connectivity index (χ1n) is 4.08. The van der Waals surface area contributed by atoms with Crippen molar-refractivity contribution in [2.75, 3.05) is 6.61 Å². The van der Waals surface area contributed by atoms with Gasteiger partial charge in [-0.05, 0) is 13.3 Å². The van der Waals surface area contributed by atoms with Crippen LogP contribution in [-0.2, 0) is 9.53 Å². The fraction of sp³-hybridized carbons (Fsp3) is 0.667. The van der Waals surface area contributed by atoms with E-state index in [-0.39, 0.29) is 12.7 Å². The van der Waals surface area contributed by atoms with Crippen LogP contribution in [0.4, 0.5) is 0 Å². The summed E-state index contributed by atoms with van der Waals surface area (Å²) in [6.07, 6.45) is 0.808. The van der Waals surface area contributed by atoms with Crippen LogP contribution < -0.4 is 0 Å². The van der Waals surface area contributed by atoms with Gasteiger partial charge in [0.1, 0.15) is 0 Å². The molecule has 0 aliphatic heterocycles. The zero-order chi connectivity index (χ0) is 9.56. The molecule has 0 aromatic heterocycles. The van der Waals surface area contributed by atoms with Crippen molar-refractivity contribution in [1.29, 1.82) is 0 Å². The van der Waals surface area contributed by atoms with Crippen LogP contribution in [0, 0.1) is 0 Å². The summed E-state index contributed by atoms with van der Waals surface area (Å²) < 4.78 is 4.78. The smallest absolute Gasteiger partial charge is 0.333 e. The molecule has 0 fully saturated rings. The number of aliphatic hydroxyl groups is 1. The van der Waals surface area contributed by atoms with Gasteiger partial charge in [0, 0.05) is 12.0 Å². The lowest BCUT2D eigenvalue weighted by Gasteiger charge is -2.07. The fourth-order valence-corrected chi connectivity index (χ4v) is 0.615. The summed E-state index contributed by atoms with van der Waals surface area (Å²) in [6.45, 7) is 7.18. The van der Waals surface area contributed by atoms with Gasteiger partial charge in [0.05, 0.1) is 12.7 Å². The highest BCUT2D eigenvalue weighted by atomic mass is 16.5. The molecular formula is C9H16O3. The van der Waals surface area contributed by atoms with E-state index in [4.69, 9.17) is 9.84 Å². The molecule has 0 heterocycles. The Labute approximate surface area is 73.0 Å². The average molecular weight is 172 g/mol. The molecule has 0 saturated carbocycles. The lowest BCUT2D eigenvalue weighted by atomic mass is 10.2.